The molecule has 1 rings (SSSR count). The molecule has 0 saturated carbocycles. The highest BCUT2D eigenvalue weighted by Crippen LogP contribution is 2.15. The molecule has 0 saturated heterocycles. The van der Waals surface area contributed by atoms with E-state index in [1.54, 1.807) is 0 Å². The third-order valence-corrected chi connectivity index (χ3v) is 1.44. The molecule has 3 N–H and O–H groups in total. The highest BCUT2D eigenvalue weighted by Gasteiger charge is 1.98. The Kier molecular flexibility index (Phi) is 3.08. The van der Waals surface area contributed by atoms with E-state index in [4.69, 9.17) is 10.8 Å². The van der Waals surface area contributed by atoms with Crippen molar-refractivity contribution < 1.29 is 14.3 Å². The fourth-order valence-electron chi connectivity index (χ4n) is 0.824. The number of phenols is 1. The minimum Gasteiger partial charge on any atom is -0.505 e. The zero-order valence-corrected chi connectivity index (χ0v) is 7.25. The second kappa shape index (κ2) is 4.28. The van der Waals surface area contributed by atoms with E-state index in [9.17, 15) is 9.18 Å². The molecule has 0 aliphatic rings. The number of carbonyl (C=O) groups is 1. The second-order valence-corrected chi connectivity index (χ2v) is 2.61. The van der Waals surface area contributed by atoms with Crippen LogP contribution in [0.3, 0.4) is 0 Å². The molecule has 14 heavy (non-hydrogen) atoms. The van der Waals surface area contributed by atoms with Crippen molar-refractivity contribution in [3.63, 3.8) is 0 Å². The minimum atomic E-state index is -0.703. The van der Waals surface area contributed by atoms with Crippen LogP contribution in [0.4, 0.5) is 4.39 Å². The summed E-state index contributed by atoms with van der Waals surface area (Å²) < 4.78 is 12.6. The Morgan fingerprint density at radius 2 is 2.29 bits per heavy atom. The molecule has 0 bridgehead atoms. The van der Waals surface area contributed by atoms with Crippen molar-refractivity contribution >= 4 is 5.91 Å². The molecule has 1 amide bonds. The van der Waals surface area contributed by atoms with Gasteiger partial charge in [0.1, 0.15) is 0 Å². The normalized spacial score (nSPS) is 8.93. The van der Waals surface area contributed by atoms with Gasteiger partial charge in [-0.05, 0) is 18.2 Å². The van der Waals surface area contributed by atoms with Gasteiger partial charge in [-0.3, -0.25) is 4.79 Å². The van der Waals surface area contributed by atoms with E-state index in [0.717, 1.165) is 6.07 Å². The van der Waals surface area contributed by atoms with E-state index < -0.39 is 17.5 Å². The summed E-state index contributed by atoms with van der Waals surface area (Å²) in [6.07, 6.45) is -0.0574. The van der Waals surface area contributed by atoms with Crippen LogP contribution in [0.5, 0.6) is 5.75 Å². The summed E-state index contributed by atoms with van der Waals surface area (Å²) in [6, 6.07) is 3.69. The lowest BCUT2D eigenvalue weighted by atomic mass is 10.2. The Labute approximate surface area is 80.4 Å². The Morgan fingerprint density at radius 1 is 1.57 bits per heavy atom. The second-order valence-electron chi connectivity index (χ2n) is 2.61. The van der Waals surface area contributed by atoms with Crippen molar-refractivity contribution in [2.24, 2.45) is 5.73 Å². The number of aromatic hydroxyl groups is 1. The Hall–Kier alpha value is -2.02. The van der Waals surface area contributed by atoms with Gasteiger partial charge in [-0.15, -0.1) is 0 Å². The van der Waals surface area contributed by atoms with E-state index in [0.29, 0.717) is 5.56 Å². The van der Waals surface area contributed by atoms with Crippen molar-refractivity contribution in [3.05, 3.63) is 29.6 Å². The van der Waals surface area contributed by atoms with E-state index in [1.807, 2.05) is 0 Å². The van der Waals surface area contributed by atoms with Gasteiger partial charge in [-0.1, -0.05) is 11.8 Å². The molecule has 1 aromatic carbocycles. The van der Waals surface area contributed by atoms with Gasteiger partial charge in [0.05, 0.1) is 6.42 Å². The summed E-state index contributed by atoms with van der Waals surface area (Å²) in [4.78, 5) is 10.3. The maximum atomic E-state index is 12.6. The SMILES string of the molecule is NC(=O)CC#Cc1ccc(F)c(O)c1. The van der Waals surface area contributed by atoms with Crippen LogP contribution in [0.25, 0.3) is 0 Å². The van der Waals surface area contributed by atoms with Gasteiger partial charge in [-0.25, -0.2) is 4.39 Å². The molecule has 0 aromatic heterocycles. The summed E-state index contributed by atoms with van der Waals surface area (Å²) in [6.45, 7) is 0. The van der Waals surface area contributed by atoms with Crippen LogP contribution in [0.1, 0.15) is 12.0 Å². The van der Waals surface area contributed by atoms with Gasteiger partial charge in [0.2, 0.25) is 5.91 Å². The topological polar surface area (TPSA) is 63.3 Å². The van der Waals surface area contributed by atoms with Gasteiger partial charge in [0.15, 0.2) is 11.6 Å². The summed E-state index contributed by atoms with van der Waals surface area (Å²) >= 11 is 0. The van der Waals surface area contributed by atoms with Crippen LogP contribution in [0, 0.1) is 17.7 Å². The monoisotopic (exact) mass is 193 g/mol. The molecule has 0 atom stereocenters. The van der Waals surface area contributed by atoms with Crippen LogP contribution in [-0.2, 0) is 4.79 Å². The van der Waals surface area contributed by atoms with Crippen molar-refractivity contribution in [1.82, 2.24) is 0 Å². The number of hydrogen-bond acceptors (Lipinski definition) is 2. The van der Waals surface area contributed by atoms with E-state index >= 15 is 0 Å². The number of rotatable bonds is 1. The van der Waals surface area contributed by atoms with Crippen LogP contribution in [-0.4, -0.2) is 11.0 Å². The zero-order valence-electron chi connectivity index (χ0n) is 7.25. The molecule has 3 nitrogen and oxygen atoms in total. The lowest BCUT2D eigenvalue weighted by Crippen LogP contribution is -2.08. The van der Waals surface area contributed by atoms with Crippen LogP contribution >= 0.6 is 0 Å². The third kappa shape index (κ3) is 2.79. The molecule has 0 unspecified atom stereocenters. The lowest BCUT2D eigenvalue weighted by molar-refractivity contribution is -0.117. The van der Waals surface area contributed by atoms with E-state index in [-0.39, 0.29) is 6.42 Å². The van der Waals surface area contributed by atoms with Gasteiger partial charge in [0, 0.05) is 5.56 Å². The quantitative estimate of drug-likeness (QED) is 0.646. The Morgan fingerprint density at radius 3 is 2.86 bits per heavy atom. The number of amides is 1. The van der Waals surface area contributed by atoms with Gasteiger partial charge in [-0.2, -0.15) is 0 Å². The van der Waals surface area contributed by atoms with Gasteiger partial charge < -0.3 is 10.8 Å². The molecule has 0 aliphatic carbocycles. The van der Waals surface area contributed by atoms with Gasteiger partial charge in [0.25, 0.3) is 0 Å². The molecule has 72 valence electrons. The maximum absolute atomic E-state index is 12.6. The molecule has 1 aromatic rings. The van der Waals surface area contributed by atoms with E-state index in [1.165, 1.54) is 12.1 Å². The van der Waals surface area contributed by atoms with Crippen LogP contribution < -0.4 is 5.73 Å². The number of carbonyl (C=O) groups excluding carboxylic acids is 1. The Balaban J connectivity index is 2.81. The zero-order chi connectivity index (χ0) is 10.6. The van der Waals surface area contributed by atoms with E-state index in [2.05, 4.69) is 11.8 Å². The number of hydrogen-bond donors (Lipinski definition) is 2. The maximum Gasteiger partial charge on any atom is 0.229 e. The molecular weight excluding hydrogens is 185 g/mol. The summed E-state index contributed by atoms with van der Waals surface area (Å²) in [7, 11) is 0. The first-order valence-electron chi connectivity index (χ1n) is 3.85. The third-order valence-electron chi connectivity index (χ3n) is 1.44. The first-order valence-corrected chi connectivity index (χ1v) is 3.85. The summed E-state index contributed by atoms with van der Waals surface area (Å²) in [5.74, 6) is 3.37. The Bertz CT molecular complexity index is 418. The lowest BCUT2D eigenvalue weighted by Gasteiger charge is -1.94. The molecule has 0 aliphatic heterocycles. The number of phenolic OH excluding ortho intramolecular Hbond substituents is 1. The standard InChI is InChI=1S/C10H8FNO2/c11-8-5-4-7(6-9(8)13)2-1-3-10(12)14/h4-6,13H,3H2,(H2,12,14). The predicted molar refractivity (Wildman–Crippen MR) is 48.8 cm³/mol. The molecule has 0 spiro atoms. The highest BCUT2D eigenvalue weighted by atomic mass is 19.1. The average molecular weight is 193 g/mol. The van der Waals surface area contributed by atoms with Crippen LogP contribution in [0.15, 0.2) is 18.2 Å². The van der Waals surface area contributed by atoms with Crippen LogP contribution in [0.2, 0.25) is 0 Å². The van der Waals surface area contributed by atoms with Gasteiger partial charge >= 0.3 is 0 Å². The minimum absolute atomic E-state index is 0.0574. The smallest absolute Gasteiger partial charge is 0.229 e. The fraction of sp³-hybridized carbons (Fsp3) is 0.100. The fourth-order valence-corrected chi connectivity index (χ4v) is 0.824. The average Bonchev–Trinajstić information content (AvgIpc) is 2.10. The highest BCUT2D eigenvalue weighted by molar-refractivity contribution is 5.76. The number of halogens is 1. The van der Waals surface area contributed by atoms with Crippen molar-refractivity contribution in [2.75, 3.05) is 0 Å². The number of primary amides is 1. The summed E-state index contributed by atoms with van der Waals surface area (Å²) in [5.41, 5.74) is 5.30. The first-order chi connectivity index (χ1) is 6.59. The molecule has 4 heteroatoms. The van der Waals surface area contributed by atoms with Crippen molar-refractivity contribution in [3.8, 4) is 17.6 Å². The summed E-state index contributed by atoms with van der Waals surface area (Å²) in [5, 5.41) is 8.97. The largest absolute Gasteiger partial charge is 0.505 e. The molecule has 0 radical (unpaired) electrons. The number of benzene rings is 1. The molecule has 0 heterocycles. The van der Waals surface area contributed by atoms with Crippen molar-refractivity contribution in [2.45, 2.75) is 6.42 Å². The molecule has 0 fully saturated rings. The molecular formula is C10H8FNO2. The predicted octanol–water partition coefficient (Wildman–Crippen LogP) is 0.758. The van der Waals surface area contributed by atoms with Crippen molar-refractivity contribution in [1.29, 1.82) is 0 Å². The first kappa shape index (κ1) is 10.1. The number of nitrogens with two attached hydrogens (primary N) is 1.